The van der Waals surface area contributed by atoms with Gasteiger partial charge in [0.1, 0.15) is 18.2 Å². The molecule has 0 atom stereocenters. The van der Waals surface area contributed by atoms with Crippen LogP contribution in [0.25, 0.3) is 0 Å². The Morgan fingerprint density at radius 2 is 2.14 bits per heavy atom. The summed E-state index contributed by atoms with van der Waals surface area (Å²) in [6.45, 7) is 1.96. The maximum absolute atomic E-state index is 13.3. The van der Waals surface area contributed by atoms with E-state index in [1.165, 1.54) is 12.1 Å². The molecule has 1 N–H and O–H groups in total. The van der Waals surface area contributed by atoms with Gasteiger partial charge in [-0.05, 0) is 31.0 Å². The number of carboxylic acids is 1. The van der Waals surface area contributed by atoms with E-state index in [9.17, 15) is 9.18 Å². The van der Waals surface area contributed by atoms with E-state index in [1.54, 1.807) is 13.2 Å². The summed E-state index contributed by atoms with van der Waals surface area (Å²) in [6.07, 6.45) is 1.56. The van der Waals surface area contributed by atoms with E-state index in [2.05, 4.69) is 4.90 Å². The Hall–Kier alpha value is -1.66. The smallest absolute Gasteiger partial charge is 0.329 e. The molecule has 0 spiro atoms. The number of carboxylic acid groups (broad SMARTS) is 1. The van der Waals surface area contributed by atoms with Crippen molar-refractivity contribution in [2.24, 2.45) is 0 Å². The van der Waals surface area contributed by atoms with Gasteiger partial charge in [0, 0.05) is 25.2 Å². The number of rotatable bonds is 6. The zero-order valence-corrected chi connectivity index (χ0v) is 12.0. The molecule has 5 nitrogen and oxygen atoms in total. The van der Waals surface area contributed by atoms with E-state index in [-0.39, 0.29) is 18.5 Å². The molecule has 0 amide bonds. The number of carbonyl (C=O) groups is 1. The van der Waals surface area contributed by atoms with E-state index in [0.717, 1.165) is 31.5 Å². The summed E-state index contributed by atoms with van der Waals surface area (Å²) in [5.41, 5.74) is 0.822. The predicted molar refractivity (Wildman–Crippen MR) is 74.8 cm³/mol. The summed E-state index contributed by atoms with van der Waals surface area (Å²) in [5, 5.41) is 8.59. The monoisotopic (exact) mass is 297 g/mol. The average molecular weight is 297 g/mol. The lowest BCUT2D eigenvalue weighted by Crippen LogP contribution is -2.37. The number of methoxy groups -OCH3 is 1. The summed E-state index contributed by atoms with van der Waals surface area (Å²) in [5.74, 6) is -0.534. The summed E-state index contributed by atoms with van der Waals surface area (Å²) < 4.78 is 23.9. The molecule has 1 aromatic carbocycles. The van der Waals surface area contributed by atoms with Crippen molar-refractivity contribution >= 4 is 5.97 Å². The summed E-state index contributed by atoms with van der Waals surface area (Å²) in [6, 6.07) is 4.51. The molecule has 1 aliphatic heterocycles. The molecule has 0 aromatic heterocycles. The van der Waals surface area contributed by atoms with Crippen molar-refractivity contribution < 1.29 is 23.8 Å². The third-order valence-corrected chi connectivity index (χ3v) is 3.61. The third-order valence-electron chi connectivity index (χ3n) is 3.61. The van der Waals surface area contributed by atoms with Crippen molar-refractivity contribution in [3.05, 3.63) is 29.6 Å². The Balaban J connectivity index is 1.86. The number of ether oxygens (including phenoxy) is 2. The second-order valence-corrected chi connectivity index (χ2v) is 5.14. The summed E-state index contributed by atoms with van der Waals surface area (Å²) in [7, 11) is 1.57. The SMILES string of the molecule is COc1ccc(F)cc1CN1CCC(OCC(=O)O)CC1. The van der Waals surface area contributed by atoms with Crippen LogP contribution in [0.3, 0.4) is 0 Å². The number of aliphatic carboxylic acids is 1. The Kier molecular flexibility index (Phi) is 5.52. The largest absolute Gasteiger partial charge is 0.496 e. The Bertz CT molecular complexity index is 487. The van der Waals surface area contributed by atoms with E-state index >= 15 is 0 Å². The molecule has 1 aromatic rings. The highest BCUT2D eigenvalue weighted by atomic mass is 19.1. The van der Waals surface area contributed by atoms with Gasteiger partial charge >= 0.3 is 5.97 Å². The van der Waals surface area contributed by atoms with E-state index in [1.807, 2.05) is 0 Å². The second kappa shape index (κ2) is 7.38. The molecule has 116 valence electrons. The van der Waals surface area contributed by atoms with Gasteiger partial charge in [0.05, 0.1) is 13.2 Å². The Morgan fingerprint density at radius 1 is 1.43 bits per heavy atom. The number of nitrogens with zero attached hydrogens (tertiary/aromatic N) is 1. The molecular formula is C15H20FNO4. The minimum absolute atomic E-state index is 0.00763. The fourth-order valence-corrected chi connectivity index (χ4v) is 2.53. The first-order valence-electron chi connectivity index (χ1n) is 6.96. The molecule has 0 saturated carbocycles. The molecule has 1 fully saturated rings. The molecular weight excluding hydrogens is 277 g/mol. The lowest BCUT2D eigenvalue weighted by Gasteiger charge is -2.31. The number of benzene rings is 1. The molecule has 21 heavy (non-hydrogen) atoms. The molecule has 6 heteroatoms. The maximum atomic E-state index is 13.3. The van der Waals surface area contributed by atoms with E-state index < -0.39 is 5.97 Å². The number of likely N-dealkylation sites (tertiary alicyclic amines) is 1. The summed E-state index contributed by atoms with van der Waals surface area (Å²) >= 11 is 0. The molecule has 1 aliphatic rings. The zero-order chi connectivity index (χ0) is 15.2. The Morgan fingerprint density at radius 3 is 2.76 bits per heavy atom. The van der Waals surface area contributed by atoms with Crippen LogP contribution >= 0.6 is 0 Å². The van der Waals surface area contributed by atoms with E-state index in [0.29, 0.717) is 12.3 Å². The molecule has 1 saturated heterocycles. The Labute approximate surface area is 123 Å². The van der Waals surface area contributed by atoms with Crippen LogP contribution in [-0.2, 0) is 16.1 Å². The van der Waals surface area contributed by atoms with Gasteiger partial charge in [-0.15, -0.1) is 0 Å². The maximum Gasteiger partial charge on any atom is 0.329 e. The van der Waals surface area contributed by atoms with E-state index in [4.69, 9.17) is 14.6 Å². The molecule has 2 rings (SSSR count). The molecule has 0 radical (unpaired) electrons. The van der Waals surface area contributed by atoms with Crippen molar-refractivity contribution in [2.45, 2.75) is 25.5 Å². The van der Waals surface area contributed by atoms with Gasteiger partial charge in [-0.25, -0.2) is 9.18 Å². The van der Waals surface area contributed by atoms with Crippen LogP contribution in [0.1, 0.15) is 18.4 Å². The van der Waals surface area contributed by atoms with Gasteiger partial charge in [-0.3, -0.25) is 4.90 Å². The topological polar surface area (TPSA) is 59.0 Å². The first kappa shape index (κ1) is 15.7. The van der Waals surface area contributed by atoms with Crippen LogP contribution in [0.2, 0.25) is 0 Å². The highest BCUT2D eigenvalue weighted by Crippen LogP contribution is 2.23. The first-order chi connectivity index (χ1) is 10.1. The van der Waals surface area contributed by atoms with Gasteiger partial charge in [-0.1, -0.05) is 0 Å². The minimum Gasteiger partial charge on any atom is -0.496 e. The second-order valence-electron chi connectivity index (χ2n) is 5.14. The van der Waals surface area contributed by atoms with Gasteiger partial charge in [0.15, 0.2) is 0 Å². The van der Waals surface area contributed by atoms with Crippen LogP contribution in [0, 0.1) is 5.82 Å². The van der Waals surface area contributed by atoms with Crippen LogP contribution in [0.15, 0.2) is 18.2 Å². The van der Waals surface area contributed by atoms with Crippen molar-refractivity contribution in [3.63, 3.8) is 0 Å². The van der Waals surface area contributed by atoms with Crippen molar-refractivity contribution in [3.8, 4) is 5.75 Å². The van der Waals surface area contributed by atoms with Crippen LogP contribution in [0.4, 0.5) is 4.39 Å². The number of halogens is 1. The normalized spacial score (nSPS) is 16.9. The molecule has 0 unspecified atom stereocenters. The zero-order valence-electron chi connectivity index (χ0n) is 12.0. The quantitative estimate of drug-likeness (QED) is 0.869. The van der Waals surface area contributed by atoms with Crippen LogP contribution < -0.4 is 4.74 Å². The fraction of sp³-hybridized carbons (Fsp3) is 0.533. The highest BCUT2D eigenvalue weighted by Gasteiger charge is 2.21. The minimum atomic E-state index is -0.943. The lowest BCUT2D eigenvalue weighted by atomic mass is 10.1. The molecule has 0 aliphatic carbocycles. The molecule has 1 heterocycles. The van der Waals surface area contributed by atoms with Gasteiger partial charge in [0.2, 0.25) is 0 Å². The van der Waals surface area contributed by atoms with Crippen molar-refractivity contribution in [2.75, 3.05) is 26.8 Å². The van der Waals surface area contributed by atoms with Gasteiger partial charge in [-0.2, -0.15) is 0 Å². The highest BCUT2D eigenvalue weighted by molar-refractivity contribution is 5.68. The predicted octanol–water partition coefficient (Wildman–Crippen LogP) is 1.90. The van der Waals surface area contributed by atoms with Crippen LogP contribution in [0.5, 0.6) is 5.75 Å². The number of hydrogen-bond donors (Lipinski definition) is 1. The van der Waals surface area contributed by atoms with Crippen molar-refractivity contribution in [1.29, 1.82) is 0 Å². The molecule has 0 bridgehead atoms. The fourth-order valence-electron chi connectivity index (χ4n) is 2.53. The summed E-state index contributed by atoms with van der Waals surface area (Å²) in [4.78, 5) is 12.7. The first-order valence-corrected chi connectivity index (χ1v) is 6.96. The standard InChI is InChI=1S/C15H20FNO4/c1-20-14-3-2-12(16)8-11(14)9-17-6-4-13(5-7-17)21-10-15(18)19/h2-3,8,13H,4-7,9-10H2,1H3,(H,18,19). The lowest BCUT2D eigenvalue weighted by molar-refractivity contribution is -0.145. The number of piperidine rings is 1. The van der Waals surface area contributed by atoms with Gasteiger partial charge in [0.25, 0.3) is 0 Å². The van der Waals surface area contributed by atoms with Gasteiger partial charge < -0.3 is 14.6 Å². The third kappa shape index (κ3) is 4.68. The average Bonchev–Trinajstić information content (AvgIpc) is 2.47. The van der Waals surface area contributed by atoms with Crippen molar-refractivity contribution in [1.82, 2.24) is 4.90 Å². The van der Waals surface area contributed by atoms with Crippen LogP contribution in [-0.4, -0.2) is 48.9 Å². The number of hydrogen-bond acceptors (Lipinski definition) is 4.